The quantitative estimate of drug-likeness (QED) is 0.725. The van der Waals surface area contributed by atoms with E-state index in [1.54, 1.807) is 13.2 Å². The Hall–Kier alpha value is -2.62. The standard InChI is InChI=1S/C16H14N2O2/c1-3-16-17-15(18-20-16)9-12-6-4-5-11-7-8-13(19-2)10-14(11)12/h3-8,10H,1,9H2,2H3. The van der Waals surface area contributed by atoms with Gasteiger partial charge in [0.1, 0.15) is 5.75 Å². The molecule has 0 aliphatic heterocycles. The monoisotopic (exact) mass is 266 g/mol. The topological polar surface area (TPSA) is 48.2 Å². The number of hydrogen-bond donors (Lipinski definition) is 0. The average Bonchev–Trinajstić information content (AvgIpc) is 2.95. The molecule has 0 spiro atoms. The molecule has 0 amide bonds. The highest BCUT2D eigenvalue weighted by Crippen LogP contribution is 2.25. The Labute approximate surface area is 116 Å². The van der Waals surface area contributed by atoms with Crippen LogP contribution in [0, 0.1) is 0 Å². The predicted octanol–water partition coefficient (Wildman–Crippen LogP) is 3.47. The van der Waals surface area contributed by atoms with Gasteiger partial charge in [-0.3, -0.25) is 0 Å². The van der Waals surface area contributed by atoms with Crippen LogP contribution in [-0.2, 0) is 6.42 Å². The summed E-state index contributed by atoms with van der Waals surface area (Å²) in [5.41, 5.74) is 1.14. The molecule has 20 heavy (non-hydrogen) atoms. The van der Waals surface area contributed by atoms with Gasteiger partial charge in [0.25, 0.3) is 0 Å². The first-order chi connectivity index (χ1) is 9.80. The number of fused-ring (bicyclic) bond motifs is 1. The molecule has 0 saturated heterocycles. The predicted molar refractivity (Wildman–Crippen MR) is 77.7 cm³/mol. The summed E-state index contributed by atoms with van der Waals surface area (Å²) in [6, 6.07) is 12.2. The molecule has 1 aromatic heterocycles. The molecule has 0 saturated carbocycles. The molecule has 0 radical (unpaired) electrons. The number of hydrogen-bond acceptors (Lipinski definition) is 4. The Kier molecular flexibility index (Phi) is 3.21. The summed E-state index contributed by atoms with van der Waals surface area (Å²) in [6.07, 6.45) is 2.16. The molecule has 0 aliphatic rings. The molecule has 0 unspecified atom stereocenters. The Morgan fingerprint density at radius 3 is 2.95 bits per heavy atom. The van der Waals surface area contributed by atoms with E-state index in [0.717, 1.165) is 22.1 Å². The number of aromatic nitrogens is 2. The number of benzene rings is 2. The van der Waals surface area contributed by atoms with Crippen LogP contribution in [0.25, 0.3) is 16.8 Å². The van der Waals surface area contributed by atoms with E-state index in [0.29, 0.717) is 18.1 Å². The summed E-state index contributed by atoms with van der Waals surface area (Å²) in [7, 11) is 1.67. The first kappa shape index (κ1) is 12.4. The molecule has 4 heteroatoms. The van der Waals surface area contributed by atoms with Gasteiger partial charge in [-0.15, -0.1) is 0 Å². The largest absolute Gasteiger partial charge is 0.497 e. The molecular formula is C16H14N2O2. The number of methoxy groups -OCH3 is 1. The Balaban J connectivity index is 2.03. The number of nitrogens with zero attached hydrogens (tertiary/aromatic N) is 2. The van der Waals surface area contributed by atoms with Crippen LogP contribution < -0.4 is 4.74 Å². The summed E-state index contributed by atoms with van der Waals surface area (Å²) >= 11 is 0. The van der Waals surface area contributed by atoms with Crippen molar-refractivity contribution in [2.45, 2.75) is 6.42 Å². The minimum atomic E-state index is 0.442. The van der Waals surface area contributed by atoms with Gasteiger partial charge in [0.15, 0.2) is 5.82 Å². The normalized spacial score (nSPS) is 10.7. The fourth-order valence-electron chi connectivity index (χ4n) is 2.19. The van der Waals surface area contributed by atoms with Gasteiger partial charge in [-0.25, -0.2) is 0 Å². The lowest BCUT2D eigenvalue weighted by Crippen LogP contribution is -1.93. The minimum absolute atomic E-state index is 0.442. The van der Waals surface area contributed by atoms with Crippen LogP contribution in [0.5, 0.6) is 5.75 Å². The highest BCUT2D eigenvalue weighted by atomic mass is 16.5. The van der Waals surface area contributed by atoms with Crippen molar-refractivity contribution in [2.24, 2.45) is 0 Å². The van der Waals surface area contributed by atoms with Crippen LogP contribution >= 0.6 is 0 Å². The first-order valence-electron chi connectivity index (χ1n) is 6.31. The number of rotatable bonds is 4. The van der Waals surface area contributed by atoms with Crippen molar-refractivity contribution in [3.05, 3.63) is 60.3 Å². The summed E-state index contributed by atoms with van der Waals surface area (Å²) in [4.78, 5) is 4.25. The summed E-state index contributed by atoms with van der Waals surface area (Å²) in [5, 5.41) is 6.24. The molecule has 2 aromatic carbocycles. The smallest absolute Gasteiger partial charge is 0.250 e. The van der Waals surface area contributed by atoms with Gasteiger partial charge >= 0.3 is 0 Å². The van der Waals surface area contributed by atoms with E-state index in [4.69, 9.17) is 9.26 Å². The van der Waals surface area contributed by atoms with Crippen LogP contribution in [-0.4, -0.2) is 17.3 Å². The van der Waals surface area contributed by atoms with Gasteiger partial charge in [0.2, 0.25) is 5.89 Å². The molecule has 0 bridgehead atoms. The van der Waals surface area contributed by atoms with E-state index in [1.807, 2.05) is 24.3 Å². The van der Waals surface area contributed by atoms with E-state index in [1.165, 1.54) is 0 Å². The lowest BCUT2D eigenvalue weighted by molar-refractivity contribution is 0.404. The van der Waals surface area contributed by atoms with Gasteiger partial charge in [-0.05, 0) is 34.5 Å². The van der Waals surface area contributed by atoms with Crippen molar-refractivity contribution in [3.8, 4) is 5.75 Å². The lowest BCUT2D eigenvalue weighted by Gasteiger charge is -2.06. The van der Waals surface area contributed by atoms with Crippen LogP contribution in [0.3, 0.4) is 0 Å². The molecule has 100 valence electrons. The SMILES string of the molecule is C=Cc1nc(Cc2cccc3ccc(OC)cc23)no1. The van der Waals surface area contributed by atoms with Gasteiger partial charge < -0.3 is 9.26 Å². The van der Waals surface area contributed by atoms with E-state index in [2.05, 4.69) is 28.9 Å². The van der Waals surface area contributed by atoms with Crippen molar-refractivity contribution in [1.82, 2.24) is 10.1 Å². The second kappa shape index (κ2) is 5.17. The zero-order chi connectivity index (χ0) is 13.9. The highest BCUT2D eigenvalue weighted by Gasteiger charge is 2.08. The third kappa shape index (κ3) is 2.28. The first-order valence-corrected chi connectivity index (χ1v) is 6.31. The molecule has 0 aliphatic carbocycles. The molecular weight excluding hydrogens is 252 g/mol. The Morgan fingerprint density at radius 1 is 1.30 bits per heavy atom. The van der Waals surface area contributed by atoms with Crippen molar-refractivity contribution in [1.29, 1.82) is 0 Å². The average molecular weight is 266 g/mol. The van der Waals surface area contributed by atoms with Crippen molar-refractivity contribution >= 4 is 16.8 Å². The minimum Gasteiger partial charge on any atom is -0.497 e. The molecule has 3 rings (SSSR count). The van der Waals surface area contributed by atoms with Crippen LogP contribution in [0.4, 0.5) is 0 Å². The Bertz CT molecular complexity index is 762. The molecule has 0 atom stereocenters. The second-order valence-electron chi connectivity index (χ2n) is 4.43. The zero-order valence-electron chi connectivity index (χ0n) is 11.2. The zero-order valence-corrected chi connectivity index (χ0v) is 11.2. The lowest BCUT2D eigenvalue weighted by atomic mass is 10.0. The highest BCUT2D eigenvalue weighted by molar-refractivity contribution is 5.87. The van der Waals surface area contributed by atoms with E-state index >= 15 is 0 Å². The van der Waals surface area contributed by atoms with E-state index < -0.39 is 0 Å². The van der Waals surface area contributed by atoms with Gasteiger partial charge in [-0.1, -0.05) is 36.0 Å². The van der Waals surface area contributed by atoms with Gasteiger partial charge in [0, 0.05) is 6.42 Å². The van der Waals surface area contributed by atoms with Crippen molar-refractivity contribution in [2.75, 3.05) is 7.11 Å². The van der Waals surface area contributed by atoms with E-state index in [9.17, 15) is 0 Å². The van der Waals surface area contributed by atoms with Crippen molar-refractivity contribution in [3.63, 3.8) is 0 Å². The maximum absolute atomic E-state index is 5.29. The van der Waals surface area contributed by atoms with Gasteiger partial charge in [-0.2, -0.15) is 4.98 Å². The fourth-order valence-corrected chi connectivity index (χ4v) is 2.19. The van der Waals surface area contributed by atoms with Crippen molar-refractivity contribution < 1.29 is 9.26 Å². The van der Waals surface area contributed by atoms with Gasteiger partial charge in [0.05, 0.1) is 7.11 Å². The molecule has 4 nitrogen and oxygen atoms in total. The van der Waals surface area contributed by atoms with Crippen LogP contribution in [0.1, 0.15) is 17.3 Å². The summed E-state index contributed by atoms with van der Waals surface area (Å²) in [6.45, 7) is 3.61. The third-order valence-electron chi connectivity index (χ3n) is 3.19. The molecule has 0 N–H and O–H groups in total. The maximum Gasteiger partial charge on any atom is 0.250 e. The molecule has 0 fully saturated rings. The van der Waals surface area contributed by atoms with Crippen LogP contribution in [0.2, 0.25) is 0 Å². The third-order valence-corrected chi connectivity index (χ3v) is 3.19. The number of ether oxygens (including phenoxy) is 1. The van der Waals surface area contributed by atoms with E-state index in [-0.39, 0.29) is 0 Å². The fraction of sp³-hybridized carbons (Fsp3) is 0.125. The maximum atomic E-state index is 5.29. The molecule has 1 heterocycles. The summed E-state index contributed by atoms with van der Waals surface area (Å²) < 4.78 is 10.3. The van der Waals surface area contributed by atoms with Crippen LogP contribution in [0.15, 0.2) is 47.5 Å². The Morgan fingerprint density at radius 2 is 2.20 bits per heavy atom. The second-order valence-corrected chi connectivity index (χ2v) is 4.43. The summed E-state index contributed by atoms with van der Waals surface area (Å²) in [5.74, 6) is 1.93. The molecule has 3 aromatic rings.